The summed E-state index contributed by atoms with van der Waals surface area (Å²) in [7, 11) is 0. The van der Waals surface area contributed by atoms with Gasteiger partial charge in [-0.15, -0.1) is 0 Å². The third-order valence-corrected chi connectivity index (χ3v) is 7.74. The predicted octanol–water partition coefficient (Wildman–Crippen LogP) is 6.21. The molecule has 4 fully saturated rings. The molecule has 2 aromatic rings. The number of hydrogen-bond acceptors (Lipinski definition) is 2. The standard InChI is InChI=1S/C25H29NO2/c1-15-7-20(25-12-17-8-18(13-25)10-19(9-17)14-25)11-23(16(15)2)26-22-6-4-3-5-21(22)24(27)28/h3-7,11,17-19,26H,8-10,12-14H2,1-2H3,(H,27,28). The highest BCUT2D eigenvalue weighted by Gasteiger charge is 2.51. The normalized spacial score (nSPS) is 30.4. The average Bonchev–Trinajstić information content (AvgIpc) is 2.64. The van der Waals surface area contributed by atoms with Crippen molar-refractivity contribution in [1.82, 2.24) is 0 Å². The Morgan fingerprint density at radius 2 is 1.57 bits per heavy atom. The fraction of sp³-hybridized carbons (Fsp3) is 0.480. The molecule has 0 amide bonds. The van der Waals surface area contributed by atoms with E-state index in [2.05, 4.69) is 31.3 Å². The van der Waals surface area contributed by atoms with Crippen molar-refractivity contribution in [3.63, 3.8) is 0 Å². The summed E-state index contributed by atoms with van der Waals surface area (Å²) in [5, 5.41) is 13.0. The third-order valence-electron chi connectivity index (χ3n) is 7.74. The van der Waals surface area contributed by atoms with E-state index in [1.807, 2.05) is 12.1 Å². The highest BCUT2D eigenvalue weighted by molar-refractivity contribution is 5.95. The van der Waals surface area contributed by atoms with Gasteiger partial charge in [0.2, 0.25) is 0 Å². The minimum absolute atomic E-state index is 0.319. The quantitative estimate of drug-likeness (QED) is 0.667. The second kappa shape index (κ2) is 6.37. The molecule has 4 bridgehead atoms. The second-order valence-corrected chi connectivity index (χ2v) is 9.64. The van der Waals surface area contributed by atoms with Gasteiger partial charge in [0, 0.05) is 5.69 Å². The van der Waals surface area contributed by atoms with Crippen molar-refractivity contribution in [2.24, 2.45) is 17.8 Å². The molecule has 0 radical (unpaired) electrons. The lowest BCUT2D eigenvalue weighted by molar-refractivity contribution is -0.00519. The summed E-state index contributed by atoms with van der Waals surface area (Å²) < 4.78 is 0. The Kier molecular flexibility index (Phi) is 4.04. The summed E-state index contributed by atoms with van der Waals surface area (Å²) in [4.78, 5) is 11.6. The Hall–Kier alpha value is -2.29. The largest absolute Gasteiger partial charge is 0.478 e. The van der Waals surface area contributed by atoms with Crippen LogP contribution in [-0.2, 0) is 5.41 Å². The zero-order chi connectivity index (χ0) is 19.5. The van der Waals surface area contributed by atoms with Crippen LogP contribution in [0.5, 0.6) is 0 Å². The van der Waals surface area contributed by atoms with Gasteiger partial charge >= 0.3 is 5.97 Å². The summed E-state index contributed by atoms with van der Waals surface area (Å²) >= 11 is 0. The van der Waals surface area contributed by atoms with Gasteiger partial charge < -0.3 is 10.4 Å². The molecule has 0 aliphatic heterocycles. The van der Waals surface area contributed by atoms with Crippen LogP contribution >= 0.6 is 0 Å². The van der Waals surface area contributed by atoms with Crippen molar-refractivity contribution in [2.75, 3.05) is 5.32 Å². The van der Waals surface area contributed by atoms with Crippen molar-refractivity contribution in [1.29, 1.82) is 0 Å². The first-order valence-corrected chi connectivity index (χ1v) is 10.6. The summed E-state index contributed by atoms with van der Waals surface area (Å²) in [6.45, 7) is 4.32. The molecule has 0 saturated heterocycles. The van der Waals surface area contributed by atoms with Gasteiger partial charge in [0.1, 0.15) is 0 Å². The molecule has 3 heteroatoms. The van der Waals surface area contributed by atoms with Crippen molar-refractivity contribution >= 4 is 17.3 Å². The summed E-state index contributed by atoms with van der Waals surface area (Å²) in [5.41, 5.74) is 6.36. The monoisotopic (exact) mass is 375 g/mol. The molecule has 2 aromatic carbocycles. The maximum atomic E-state index is 11.6. The first-order chi connectivity index (χ1) is 13.4. The van der Waals surface area contributed by atoms with Crippen LogP contribution in [0.25, 0.3) is 0 Å². The molecule has 0 heterocycles. The molecule has 0 unspecified atom stereocenters. The fourth-order valence-electron chi connectivity index (χ4n) is 6.68. The average molecular weight is 376 g/mol. The molecule has 4 aliphatic carbocycles. The summed E-state index contributed by atoms with van der Waals surface area (Å²) in [6.07, 6.45) is 8.36. The Bertz CT molecular complexity index is 910. The van der Waals surface area contributed by atoms with Crippen molar-refractivity contribution in [2.45, 2.75) is 57.8 Å². The van der Waals surface area contributed by atoms with Crippen LogP contribution < -0.4 is 5.32 Å². The lowest BCUT2D eigenvalue weighted by Crippen LogP contribution is -2.48. The number of benzene rings is 2. The number of rotatable bonds is 4. The zero-order valence-electron chi connectivity index (χ0n) is 16.8. The van der Waals surface area contributed by atoms with E-state index in [1.165, 1.54) is 55.2 Å². The van der Waals surface area contributed by atoms with Crippen LogP contribution in [-0.4, -0.2) is 11.1 Å². The molecule has 4 saturated carbocycles. The van der Waals surface area contributed by atoms with Gasteiger partial charge in [-0.25, -0.2) is 4.79 Å². The number of hydrogen-bond donors (Lipinski definition) is 2. The van der Waals surface area contributed by atoms with E-state index in [-0.39, 0.29) is 0 Å². The van der Waals surface area contributed by atoms with Gasteiger partial charge in [0.15, 0.2) is 0 Å². The predicted molar refractivity (Wildman–Crippen MR) is 112 cm³/mol. The molecule has 2 N–H and O–H groups in total. The smallest absolute Gasteiger partial charge is 0.337 e. The summed E-state index contributed by atoms with van der Waals surface area (Å²) in [5.74, 6) is 1.85. The Labute approximate surface area is 167 Å². The number of anilines is 2. The number of carboxylic acids is 1. The van der Waals surface area contributed by atoms with Crippen LogP contribution in [0, 0.1) is 31.6 Å². The van der Waals surface area contributed by atoms with Gasteiger partial charge in [-0.05, 0) is 110 Å². The molecule has 0 atom stereocenters. The molecule has 146 valence electrons. The molecule has 0 aromatic heterocycles. The lowest BCUT2D eigenvalue weighted by atomic mass is 9.48. The van der Waals surface area contributed by atoms with Crippen LogP contribution in [0.3, 0.4) is 0 Å². The first-order valence-electron chi connectivity index (χ1n) is 10.6. The van der Waals surface area contributed by atoms with Gasteiger partial charge in [0.05, 0.1) is 11.3 Å². The molecule has 4 aliphatic rings. The molecular formula is C25H29NO2. The van der Waals surface area contributed by atoms with Crippen LogP contribution in [0.4, 0.5) is 11.4 Å². The zero-order valence-corrected chi connectivity index (χ0v) is 16.8. The topological polar surface area (TPSA) is 49.3 Å². The van der Waals surface area contributed by atoms with Crippen molar-refractivity contribution in [3.05, 3.63) is 58.7 Å². The highest BCUT2D eigenvalue weighted by atomic mass is 16.4. The van der Waals surface area contributed by atoms with Gasteiger partial charge in [-0.1, -0.05) is 18.2 Å². The Morgan fingerprint density at radius 1 is 0.964 bits per heavy atom. The lowest BCUT2D eigenvalue weighted by Gasteiger charge is -2.57. The second-order valence-electron chi connectivity index (χ2n) is 9.64. The van der Waals surface area contributed by atoms with Gasteiger partial charge in [-0.3, -0.25) is 0 Å². The molecule has 3 nitrogen and oxygen atoms in total. The molecular weight excluding hydrogens is 346 g/mol. The third kappa shape index (κ3) is 2.83. The molecule has 6 rings (SSSR count). The van der Waals surface area contributed by atoms with Crippen molar-refractivity contribution < 1.29 is 9.90 Å². The Balaban J connectivity index is 1.55. The SMILES string of the molecule is Cc1cc(C23CC4CC(CC(C4)C2)C3)cc(Nc2ccccc2C(=O)O)c1C. The number of para-hydroxylation sites is 1. The van der Waals surface area contributed by atoms with Crippen LogP contribution in [0.1, 0.15) is 65.6 Å². The number of carboxylic acid groups (broad SMARTS) is 1. The van der Waals surface area contributed by atoms with Crippen LogP contribution in [0.15, 0.2) is 36.4 Å². The van der Waals surface area contributed by atoms with Gasteiger partial charge in [-0.2, -0.15) is 0 Å². The van der Waals surface area contributed by atoms with Crippen molar-refractivity contribution in [3.8, 4) is 0 Å². The van der Waals surface area contributed by atoms with E-state index in [0.717, 1.165) is 23.4 Å². The minimum atomic E-state index is -0.894. The Morgan fingerprint density at radius 3 is 2.18 bits per heavy atom. The van der Waals surface area contributed by atoms with E-state index >= 15 is 0 Å². The number of aryl methyl sites for hydroxylation is 1. The van der Waals surface area contributed by atoms with E-state index in [0.29, 0.717) is 16.7 Å². The maximum Gasteiger partial charge on any atom is 0.337 e. The van der Waals surface area contributed by atoms with Gasteiger partial charge in [0.25, 0.3) is 0 Å². The molecule has 28 heavy (non-hydrogen) atoms. The summed E-state index contributed by atoms with van der Waals surface area (Å²) in [6, 6.07) is 11.9. The van der Waals surface area contributed by atoms with E-state index in [4.69, 9.17) is 0 Å². The minimum Gasteiger partial charge on any atom is -0.478 e. The van der Waals surface area contributed by atoms with E-state index < -0.39 is 5.97 Å². The number of carbonyl (C=O) groups is 1. The van der Waals surface area contributed by atoms with E-state index in [1.54, 1.807) is 12.1 Å². The number of nitrogens with one attached hydrogen (secondary N) is 1. The fourth-order valence-corrected chi connectivity index (χ4v) is 6.68. The van der Waals surface area contributed by atoms with E-state index in [9.17, 15) is 9.90 Å². The highest BCUT2D eigenvalue weighted by Crippen LogP contribution is 2.61. The first kappa shape index (κ1) is 17.8. The van der Waals surface area contributed by atoms with Crippen LogP contribution in [0.2, 0.25) is 0 Å². The molecule has 0 spiro atoms. The number of aromatic carboxylic acids is 1. The maximum absolute atomic E-state index is 11.6.